The first kappa shape index (κ1) is 22.2. The molecule has 166 valence electrons. The molecule has 0 spiro atoms. The minimum atomic E-state index is 0.128. The van der Waals surface area contributed by atoms with Gasteiger partial charge in [-0.05, 0) is 50.5 Å². The molecule has 2 fully saturated rings. The second kappa shape index (κ2) is 11.1. The summed E-state index contributed by atoms with van der Waals surface area (Å²) in [5, 5.41) is 6.23. The predicted molar refractivity (Wildman–Crippen MR) is 119 cm³/mol. The average molecular weight is 417 g/mol. The summed E-state index contributed by atoms with van der Waals surface area (Å²) in [4.78, 5) is 18.4. The summed E-state index contributed by atoms with van der Waals surface area (Å²) in [7, 11) is 5.21. The Hall–Kier alpha value is -2.44. The lowest BCUT2D eigenvalue weighted by Gasteiger charge is -2.34. The molecule has 1 aliphatic carbocycles. The van der Waals surface area contributed by atoms with E-state index in [9.17, 15) is 4.79 Å². The Labute approximate surface area is 180 Å². The van der Waals surface area contributed by atoms with E-state index in [0.717, 1.165) is 61.8 Å². The van der Waals surface area contributed by atoms with Gasteiger partial charge in [0.25, 0.3) is 0 Å². The predicted octanol–water partition coefficient (Wildman–Crippen LogP) is 2.94. The molecule has 1 heterocycles. The standard InChI is InChI=1S/C23H36N4O3/c1-24-21(28)15-17-11-13-27(14-12-17)23(25-2)26-16-18-7-6-10-20(29-3)22(18)30-19-8-4-5-9-19/h6-7,10,17,19H,4-5,8-9,11-16H2,1-3H3,(H,24,28)(H,25,26). The number of piperidine rings is 1. The van der Waals surface area contributed by atoms with Crippen LogP contribution < -0.4 is 20.1 Å². The maximum absolute atomic E-state index is 11.6. The molecule has 2 aliphatic rings. The van der Waals surface area contributed by atoms with Gasteiger partial charge in [-0.25, -0.2) is 0 Å². The lowest BCUT2D eigenvalue weighted by Crippen LogP contribution is -2.45. The van der Waals surface area contributed by atoms with E-state index in [1.807, 2.05) is 19.2 Å². The van der Waals surface area contributed by atoms with Crippen molar-refractivity contribution in [2.75, 3.05) is 34.3 Å². The SMILES string of the molecule is CN=C(NCc1cccc(OC)c1OC1CCCC1)N1CCC(CC(=O)NC)CC1. The number of guanidine groups is 1. The van der Waals surface area contributed by atoms with Crippen molar-refractivity contribution in [1.82, 2.24) is 15.5 Å². The Bertz CT molecular complexity index is 723. The van der Waals surface area contributed by atoms with E-state index in [4.69, 9.17) is 9.47 Å². The number of nitrogens with one attached hydrogen (secondary N) is 2. The van der Waals surface area contributed by atoms with Gasteiger partial charge in [0.05, 0.1) is 13.2 Å². The fourth-order valence-electron chi connectivity index (χ4n) is 4.39. The number of rotatable bonds is 7. The highest BCUT2D eigenvalue weighted by molar-refractivity contribution is 5.80. The van der Waals surface area contributed by atoms with Gasteiger partial charge in [0, 0.05) is 45.7 Å². The van der Waals surface area contributed by atoms with Crippen LogP contribution in [0.25, 0.3) is 0 Å². The maximum atomic E-state index is 11.6. The topological polar surface area (TPSA) is 75.2 Å². The van der Waals surface area contributed by atoms with E-state index in [0.29, 0.717) is 18.9 Å². The molecule has 0 radical (unpaired) electrons. The van der Waals surface area contributed by atoms with E-state index >= 15 is 0 Å². The van der Waals surface area contributed by atoms with Crippen molar-refractivity contribution in [1.29, 1.82) is 0 Å². The molecule has 1 aromatic rings. The van der Waals surface area contributed by atoms with Crippen molar-refractivity contribution in [2.24, 2.45) is 10.9 Å². The van der Waals surface area contributed by atoms with Gasteiger partial charge in [0.15, 0.2) is 17.5 Å². The second-order valence-corrected chi connectivity index (χ2v) is 8.18. The zero-order chi connectivity index (χ0) is 21.3. The molecule has 1 aliphatic heterocycles. The number of likely N-dealkylation sites (tertiary alicyclic amines) is 1. The summed E-state index contributed by atoms with van der Waals surface area (Å²) in [5.74, 6) is 3.10. The molecular formula is C23H36N4O3. The summed E-state index contributed by atoms with van der Waals surface area (Å²) < 4.78 is 11.9. The lowest BCUT2D eigenvalue weighted by atomic mass is 9.93. The van der Waals surface area contributed by atoms with E-state index < -0.39 is 0 Å². The number of ether oxygens (including phenoxy) is 2. The van der Waals surface area contributed by atoms with Gasteiger partial charge < -0.3 is 25.0 Å². The summed E-state index contributed by atoms with van der Waals surface area (Å²) in [6.07, 6.45) is 7.58. The van der Waals surface area contributed by atoms with Crippen molar-refractivity contribution < 1.29 is 14.3 Å². The third-order valence-corrected chi connectivity index (χ3v) is 6.18. The molecule has 1 aromatic carbocycles. The van der Waals surface area contributed by atoms with Crippen molar-refractivity contribution in [2.45, 2.75) is 57.6 Å². The third kappa shape index (κ3) is 5.80. The molecule has 0 aromatic heterocycles. The number of carbonyl (C=O) groups is 1. The normalized spacial score (nSPS) is 18.4. The van der Waals surface area contributed by atoms with Crippen molar-refractivity contribution in [3.05, 3.63) is 23.8 Å². The number of benzene rings is 1. The van der Waals surface area contributed by atoms with Crippen LogP contribution in [-0.2, 0) is 11.3 Å². The quantitative estimate of drug-likeness (QED) is 0.528. The largest absolute Gasteiger partial charge is 0.493 e. The fraction of sp³-hybridized carbons (Fsp3) is 0.652. The van der Waals surface area contributed by atoms with E-state index in [1.54, 1.807) is 14.2 Å². The van der Waals surface area contributed by atoms with Crippen LogP contribution in [0.1, 0.15) is 50.5 Å². The molecule has 3 rings (SSSR count). The van der Waals surface area contributed by atoms with E-state index in [-0.39, 0.29) is 12.0 Å². The number of nitrogens with zero attached hydrogens (tertiary/aromatic N) is 2. The molecular weight excluding hydrogens is 380 g/mol. The highest BCUT2D eigenvalue weighted by atomic mass is 16.5. The highest BCUT2D eigenvalue weighted by Gasteiger charge is 2.24. The van der Waals surface area contributed by atoms with Crippen LogP contribution in [-0.4, -0.2) is 57.2 Å². The summed E-state index contributed by atoms with van der Waals surface area (Å²) in [6.45, 7) is 2.44. The van der Waals surface area contributed by atoms with Crippen molar-refractivity contribution in [3.8, 4) is 11.5 Å². The molecule has 1 saturated heterocycles. The Kier molecular flexibility index (Phi) is 8.22. The Morgan fingerprint density at radius 1 is 1.20 bits per heavy atom. The second-order valence-electron chi connectivity index (χ2n) is 8.18. The Morgan fingerprint density at radius 2 is 1.93 bits per heavy atom. The minimum absolute atomic E-state index is 0.128. The minimum Gasteiger partial charge on any atom is -0.493 e. The van der Waals surface area contributed by atoms with Gasteiger partial charge >= 0.3 is 0 Å². The fourth-order valence-corrected chi connectivity index (χ4v) is 4.39. The number of methoxy groups -OCH3 is 1. The van der Waals surface area contributed by atoms with Crippen LogP contribution in [0, 0.1) is 5.92 Å². The Balaban J connectivity index is 1.59. The van der Waals surface area contributed by atoms with Crippen LogP contribution in [0.5, 0.6) is 11.5 Å². The molecule has 0 bridgehead atoms. The number of amides is 1. The van der Waals surface area contributed by atoms with E-state index in [1.165, 1.54) is 12.8 Å². The zero-order valence-electron chi connectivity index (χ0n) is 18.6. The number of carbonyl (C=O) groups excluding carboxylic acids is 1. The summed E-state index contributed by atoms with van der Waals surface area (Å²) in [5.41, 5.74) is 1.08. The molecule has 0 unspecified atom stereocenters. The molecule has 0 atom stereocenters. The number of hydrogen-bond acceptors (Lipinski definition) is 4. The highest BCUT2D eigenvalue weighted by Crippen LogP contribution is 2.35. The number of para-hydroxylation sites is 1. The number of aliphatic imine (C=N–C) groups is 1. The van der Waals surface area contributed by atoms with E-state index in [2.05, 4.69) is 26.6 Å². The Morgan fingerprint density at radius 3 is 2.57 bits per heavy atom. The maximum Gasteiger partial charge on any atom is 0.220 e. The van der Waals surface area contributed by atoms with Crippen LogP contribution >= 0.6 is 0 Å². The van der Waals surface area contributed by atoms with Gasteiger partial charge in [-0.3, -0.25) is 9.79 Å². The smallest absolute Gasteiger partial charge is 0.220 e. The number of hydrogen-bond donors (Lipinski definition) is 2. The first-order valence-electron chi connectivity index (χ1n) is 11.1. The van der Waals surface area contributed by atoms with Crippen molar-refractivity contribution >= 4 is 11.9 Å². The van der Waals surface area contributed by atoms with Crippen LogP contribution in [0.4, 0.5) is 0 Å². The van der Waals surface area contributed by atoms with Gasteiger partial charge in [-0.15, -0.1) is 0 Å². The van der Waals surface area contributed by atoms with Gasteiger partial charge in [0.2, 0.25) is 5.91 Å². The average Bonchev–Trinajstić information content (AvgIpc) is 3.29. The van der Waals surface area contributed by atoms with Crippen LogP contribution in [0.3, 0.4) is 0 Å². The van der Waals surface area contributed by atoms with Gasteiger partial charge in [-0.2, -0.15) is 0 Å². The summed E-state index contributed by atoms with van der Waals surface area (Å²) in [6, 6.07) is 6.05. The van der Waals surface area contributed by atoms with Gasteiger partial charge in [-0.1, -0.05) is 12.1 Å². The molecule has 1 saturated carbocycles. The van der Waals surface area contributed by atoms with Crippen LogP contribution in [0.15, 0.2) is 23.2 Å². The summed E-state index contributed by atoms with van der Waals surface area (Å²) >= 11 is 0. The molecule has 2 N–H and O–H groups in total. The molecule has 1 amide bonds. The first-order valence-corrected chi connectivity index (χ1v) is 11.1. The third-order valence-electron chi connectivity index (χ3n) is 6.18. The zero-order valence-corrected chi connectivity index (χ0v) is 18.6. The lowest BCUT2D eigenvalue weighted by molar-refractivity contribution is -0.121. The van der Waals surface area contributed by atoms with Crippen molar-refractivity contribution in [3.63, 3.8) is 0 Å². The van der Waals surface area contributed by atoms with Gasteiger partial charge in [0.1, 0.15) is 0 Å². The molecule has 7 nitrogen and oxygen atoms in total. The monoisotopic (exact) mass is 416 g/mol. The van der Waals surface area contributed by atoms with Crippen LogP contribution in [0.2, 0.25) is 0 Å². The first-order chi connectivity index (χ1) is 14.6. The molecule has 30 heavy (non-hydrogen) atoms. The molecule has 7 heteroatoms.